The summed E-state index contributed by atoms with van der Waals surface area (Å²) < 4.78 is 12.2. The van der Waals surface area contributed by atoms with Crippen LogP contribution >= 0.6 is 0 Å². The molecule has 0 aromatic carbocycles. The van der Waals surface area contributed by atoms with Crippen LogP contribution in [0.15, 0.2) is 18.6 Å². The highest BCUT2D eigenvalue weighted by atomic mass is 16.6. The van der Waals surface area contributed by atoms with Gasteiger partial charge in [0.25, 0.3) is 0 Å². The average molecular weight is 379 g/mol. The number of esters is 1. The number of imidazole rings is 1. The van der Waals surface area contributed by atoms with Crippen molar-refractivity contribution in [2.45, 2.75) is 24.5 Å². The zero-order valence-corrected chi connectivity index (χ0v) is 14.5. The highest BCUT2D eigenvalue weighted by molar-refractivity contribution is 5.83. The number of aromatic nitrogens is 3. The molecule has 0 aliphatic carbocycles. The number of fused-ring (bicyclic) bond motifs is 1. The van der Waals surface area contributed by atoms with Gasteiger partial charge in [0, 0.05) is 13.2 Å². The Kier molecular flexibility index (Phi) is 5.12. The number of rotatable bonds is 5. The number of nitrogens with zero attached hydrogens (tertiary/aromatic N) is 4. The number of anilines is 1. The number of likely N-dealkylation sites (N-methyl/N-ethyl adjacent to an activating group) is 1. The van der Waals surface area contributed by atoms with Crippen molar-refractivity contribution in [1.82, 2.24) is 19.4 Å². The minimum absolute atomic E-state index is 0.223. The van der Waals surface area contributed by atoms with Gasteiger partial charge >= 0.3 is 5.97 Å². The van der Waals surface area contributed by atoms with Gasteiger partial charge in [-0.1, -0.05) is 0 Å². The van der Waals surface area contributed by atoms with Gasteiger partial charge in [0.15, 0.2) is 17.8 Å². The number of nitrogens with two attached hydrogens (primary N) is 2. The van der Waals surface area contributed by atoms with E-state index < -0.39 is 30.5 Å². The summed E-state index contributed by atoms with van der Waals surface area (Å²) >= 11 is 0. The molecule has 0 radical (unpaired) electrons. The summed E-state index contributed by atoms with van der Waals surface area (Å²) in [6.45, 7) is -0.499. The summed E-state index contributed by atoms with van der Waals surface area (Å²) in [6.07, 6.45) is -1.58. The Morgan fingerprint density at radius 1 is 1.44 bits per heavy atom. The first-order valence-electron chi connectivity index (χ1n) is 8.09. The lowest BCUT2D eigenvalue weighted by Gasteiger charge is -2.18. The molecule has 27 heavy (non-hydrogen) atoms. The van der Waals surface area contributed by atoms with Gasteiger partial charge in [-0.05, 0) is 6.07 Å². The number of carbonyl (C=O) groups excluding carboxylic acids is 1. The fourth-order valence-corrected chi connectivity index (χ4v) is 2.74. The second-order valence-electron chi connectivity index (χ2n) is 6.19. The van der Waals surface area contributed by atoms with Crippen LogP contribution in [0.2, 0.25) is 0 Å². The van der Waals surface area contributed by atoms with Gasteiger partial charge in [-0.15, -0.1) is 0 Å². The van der Waals surface area contributed by atoms with E-state index in [2.05, 4.69) is 9.97 Å². The van der Waals surface area contributed by atoms with Crippen molar-refractivity contribution in [2.75, 3.05) is 25.9 Å². The number of nitrogen functional groups attached to an aromatic ring is 1. The van der Waals surface area contributed by atoms with Crippen molar-refractivity contribution < 1.29 is 24.5 Å². The van der Waals surface area contributed by atoms with Crippen molar-refractivity contribution in [3.8, 4) is 0 Å². The van der Waals surface area contributed by atoms with Crippen molar-refractivity contribution in [3.05, 3.63) is 18.6 Å². The van der Waals surface area contributed by atoms with E-state index in [4.69, 9.17) is 26.4 Å². The zero-order valence-electron chi connectivity index (χ0n) is 14.5. The third-order valence-corrected chi connectivity index (χ3v) is 4.29. The monoisotopic (exact) mass is 379 g/mol. The summed E-state index contributed by atoms with van der Waals surface area (Å²) in [6, 6.07) is 1.60. The predicted octanol–water partition coefficient (Wildman–Crippen LogP) is -2.00. The molecule has 0 bridgehead atoms. The smallest absolute Gasteiger partial charge is 0.325 e. The molecular weight excluding hydrogens is 358 g/mol. The van der Waals surface area contributed by atoms with E-state index in [1.165, 1.54) is 29.0 Å². The van der Waals surface area contributed by atoms with Gasteiger partial charge in [0.1, 0.15) is 37.0 Å². The maximum atomic E-state index is 11.8. The minimum atomic E-state index is -1.29. The number of pyridine rings is 1. The Balaban J connectivity index is 1.68. The second kappa shape index (κ2) is 7.34. The van der Waals surface area contributed by atoms with E-state index >= 15 is 0 Å². The molecule has 12 heteroatoms. The van der Waals surface area contributed by atoms with Gasteiger partial charge < -0.3 is 36.1 Å². The zero-order chi connectivity index (χ0) is 19.7. The molecule has 0 amide bonds. The van der Waals surface area contributed by atoms with Crippen molar-refractivity contribution in [1.29, 1.82) is 5.41 Å². The molecule has 4 atom stereocenters. The molecule has 0 spiro atoms. The summed E-state index contributed by atoms with van der Waals surface area (Å²) in [5.41, 5.74) is 12.4. The quantitative estimate of drug-likeness (QED) is 0.221. The Morgan fingerprint density at radius 2 is 2.19 bits per heavy atom. The molecule has 7 N–H and O–H groups in total. The molecule has 3 rings (SSSR count). The number of guanidine groups is 1. The summed E-state index contributed by atoms with van der Waals surface area (Å²) in [7, 11) is 1.47. The average Bonchev–Trinajstić information content (AvgIpc) is 3.16. The Morgan fingerprint density at radius 3 is 2.89 bits per heavy atom. The fraction of sp³-hybridized carbons (Fsp3) is 0.467. The van der Waals surface area contributed by atoms with Crippen molar-refractivity contribution in [2.24, 2.45) is 5.73 Å². The van der Waals surface area contributed by atoms with Gasteiger partial charge in [-0.2, -0.15) is 0 Å². The SMILES string of the molecule is CN(CC(=O)OC[C@H]1O[C@@H](n2cnc3c(N)ccnc32)C(O)[C@H]1O)C(=N)N. The molecule has 1 aliphatic rings. The number of hydrogen-bond donors (Lipinski definition) is 5. The predicted molar refractivity (Wildman–Crippen MR) is 93.4 cm³/mol. The first-order valence-corrected chi connectivity index (χ1v) is 8.09. The van der Waals surface area contributed by atoms with Crippen LogP contribution in [-0.2, 0) is 14.3 Å². The number of aliphatic hydroxyl groups excluding tert-OH is 2. The van der Waals surface area contributed by atoms with Crippen molar-refractivity contribution in [3.63, 3.8) is 0 Å². The Hall–Kier alpha value is -2.96. The number of hydrogen-bond acceptors (Lipinski definition) is 9. The van der Waals surface area contributed by atoms with Crippen LogP contribution in [0, 0.1) is 5.41 Å². The van der Waals surface area contributed by atoms with Crippen LogP contribution in [0.3, 0.4) is 0 Å². The summed E-state index contributed by atoms with van der Waals surface area (Å²) in [5.74, 6) is -0.928. The molecule has 1 unspecified atom stereocenters. The largest absolute Gasteiger partial charge is 0.461 e. The molecule has 1 fully saturated rings. The molecule has 0 saturated carbocycles. The van der Waals surface area contributed by atoms with E-state index in [1.54, 1.807) is 6.07 Å². The molecule has 1 aliphatic heterocycles. The maximum Gasteiger partial charge on any atom is 0.325 e. The number of ether oxygens (including phenoxy) is 2. The van der Waals surface area contributed by atoms with E-state index in [-0.39, 0.29) is 19.1 Å². The molecule has 3 heterocycles. The third-order valence-electron chi connectivity index (χ3n) is 4.29. The van der Waals surface area contributed by atoms with Crippen LogP contribution in [0.5, 0.6) is 0 Å². The minimum Gasteiger partial charge on any atom is -0.461 e. The number of aliphatic hydroxyl groups is 2. The number of carbonyl (C=O) groups is 1. The van der Waals surface area contributed by atoms with E-state index in [0.29, 0.717) is 16.9 Å². The van der Waals surface area contributed by atoms with Gasteiger partial charge in [-0.3, -0.25) is 14.8 Å². The van der Waals surface area contributed by atoms with Crippen LogP contribution in [0.25, 0.3) is 11.2 Å². The Bertz CT molecular complexity index is 856. The van der Waals surface area contributed by atoms with Gasteiger partial charge in [0.2, 0.25) is 0 Å². The molecule has 1 saturated heterocycles. The highest BCUT2D eigenvalue weighted by Gasteiger charge is 2.44. The molecule has 2 aromatic heterocycles. The number of nitrogens with one attached hydrogen (secondary N) is 1. The van der Waals surface area contributed by atoms with E-state index in [1.807, 2.05) is 0 Å². The third kappa shape index (κ3) is 3.63. The van der Waals surface area contributed by atoms with Gasteiger partial charge in [-0.25, -0.2) is 9.97 Å². The fourth-order valence-electron chi connectivity index (χ4n) is 2.74. The van der Waals surface area contributed by atoms with Crippen LogP contribution < -0.4 is 11.5 Å². The van der Waals surface area contributed by atoms with Gasteiger partial charge in [0.05, 0.1) is 12.0 Å². The first-order chi connectivity index (χ1) is 12.8. The normalized spacial score (nSPS) is 24.9. The van der Waals surface area contributed by atoms with E-state index in [0.717, 1.165) is 0 Å². The standard InChI is InChI=1S/C15H21N7O5/c1-21(15(17)18)4-9(23)26-5-8-11(24)12(25)14(27-8)22-6-20-10-7(16)2-3-19-13(10)22/h2-3,6,8,11-12,14,24-25H,4-5H2,1H3,(H2,16,19)(H3,17,18)/t8-,11+,12?,14-/m1/s1. The lowest BCUT2D eigenvalue weighted by molar-refractivity contribution is -0.150. The lowest BCUT2D eigenvalue weighted by Crippen LogP contribution is -2.39. The van der Waals surface area contributed by atoms with Crippen LogP contribution in [0.1, 0.15) is 6.23 Å². The Labute approximate surface area is 153 Å². The molecule has 12 nitrogen and oxygen atoms in total. The molecular formula is C15H21N7O5. The van der Waals surface area contributed by atoms with Crippen LogP contribution in [-0.4, -0.2) is 80.1 Å². The molecule has 146 valence electrons. The van der Waals surface area contributed by atoms with Crippen LogP contribution in [0.4, 0.5) is 5.69 Å². The van der Waals surface area contributed by atoms with Crippen molar-refractivity contribution >= 4 is 28.8 Å². The summed E-state index contributed by atoms with van der Waals surface area (Å²) in [5, 5.41) is 27.8. The van der Waals surface area contributed by atoms with E-state index in [9.17, 15) is 15.0 Å². The summed E-state index contributed by atoms with van der Waals surface area (Å²) in [4.78, 5) is 21.3. The second-order valence-corrected chi connectivity index (χ2v) is 6.19. The maximum absolute atomic E-state index is 11.8. The lowest BCUT2D eigenvalue weighted by atomic mass is 10.1. The highest BCUT2D eigenvalue weighted by Crippen LogP contribution is 2.32. The molecule has 2 aromatic rings. The topological polar surface area (TPSA) is 186 Å². The first kappa shape index (κ1) is 18.8.